The topological polar surface area (TPSA) is 60.1 Å². The van der Waals surface area contributed by atoms with Gasteiger partial charge >= 0.3 is 0 Å². The molecule has 21 heavy (non-hydrogen) atoms. The molecule has 0 amide bonds. The zero-order valence-electron chi connectivity index (χ0n) is 10.7. The van der Waals surface area contributed by atoms with Gasteiger partial charge in [-0.25, -0.2) is 0 Å². The first-order valence-electron chi connectivity index (χ1n) is 6.14. The molecule has 0 radical (unpaired) electrons. The Morgan fingerprint density at radius 3 is 1.48 bits per heavy atom. The van der Waals surface area contributed by atoms with Gasteiger partial charge in [-0.15, -0.1) is 0 Å². The Morgan fingerprint density at radius 1 is 0.762 bits per heavy atom. The average molecular weight is 315 g/mol. The van der Waals surface area contributed by atoms with E-state index in [0.29, 0.717) is 21.2 Å². The standard InChI is InChI=1S/C16H8Cl2N2O/c17-13-7-3-1-5-11(13)15(9-19)16(10-20,21-15)12-6-2-4-8-14(12)18/h1-8H. The predicted molar refractivity (Wildman–Crippen MR) is 78.6 cm³/mol. The highest BCUT2D eigenvalue weighted by Gasteiger charge is 2.75. The quantitative estimate of drug-likeness (QED) is 0.782. The largest absolute Gasteiger partial charge is 0.321 e. The molecule has 102 valence electrons. The predicted octanol–water partition coefficient (Wildman–Crippen LogP) is 4.16. The fraction of sp³-hybridized carbons (Fsp3) is 0.125. The Labute approximate surface area is 131 Å². The van der Waals surface area contributed by atoms with Crippen LogP contribution >= 0.6 is 23.2 Å². The molecular weight excluding hydrogens is 307 g/mol. The lowest BCUT2D eigenvalue weighted by Gasteiger charge is -2.11. The van der Waals surface area contributed by atoms with Crippen molar-refractivity contribution in [1.29, 1.82) is 10.5 Å². The molecule has 0 spiro atoms. The summed E-state index contributed by atoms with van der Waals surface area (Å²) in [6, 6.07) is 17.9. The third-order valence-electron chi connectivity index (χ3n) is 3.58. The molecule has 3 nitrogen and oxygen atoms in total. The summed E-state index contributed by atoms with van der Waals surface area (Å²) in [6.45, 7) is 0. The molecule has 0 aliphatic carbocycles. The highest BCUT2D eigenvalue weighted by Crippen LogP contribution is 2.63. The van der Waals surface area contributed by atoms with Gasteiger partial charge in [-0.05, 0) is 12.1 Å². The summed E-state index contributed by atoms with van der Waals surface area (Å²) in [5.74, 6) is 0. The van der Waals surface area contributed by atoms with E-state index in [1.807, 2.05) is 0 Å². The van der Waals surface area contributed by atoms with E-state index in [-0.39, 0.29) is 0 Å². The number of halogens is 2. The van der Waals surface area contributed by atoms with Crippen LogP contribution in [0.5, 0.6) is 0 Å². The third kappa shape index (κ3) is 1.76. The highest BCUT2D eigenvalue weighted by atomic mass is 35.5. The van der Waals surface area contributed by atoms with Crippen molar-refractivity contribution in [2.75, 3.05) is 0 Å². The minimum Gasteiger partial charge on any atom is -0.321 e. The van der Waals surface area contributed by atoms with Gasteiger partial charge in [0.2, 0.25) is 11.2 Å². The van der Waals surface area contributed by atoms with Crippen molar-refractivity contribution in [3.63, 3.8) is 0 Å². The van der Waals surface area contributed by atoms with Crippen molar-refractivity contribution in [1.82, 2.24) is 0 Å². The van der Waals surface area contributed by atoms with Crippen molar-refractivity contribution >= 4 is 23.2 Å². The molecule has 0 saturated carbocycles. The monoisotopic (exact) mass is 314 g/mol. The first-order valence-corrected chi connectivity index (χ1v) is 6.89. The highest BCUT2D eigenvalue weighted by molar-refractivity contribution is 6.32. The molecule has 2 unspecified atom stereocenters. The number of epoxide rings is 1. The molecule has 0 aromatic heterocycles. The van der Waals surface area contributed by atoms with Crippen LogP contribution in [0.1, 0.15) is 11.1 Å². The lowest BCUT2D eigenvalue weighted by atomic mass is 9.83. The molecule has 1 fully saturated rings. The van der Waals surface area contributed by atoms with Crippen LogP contribution in [0.2, 0.25) is 10.0 Å². The van der Waals surface area contributed by atoms with Crippen molar-refractivity contribution in [2.24, 2.45) is 0 Å². The SMILES string of the molecule is N#CC1(c2ccccc2Cl)OC1(C#N)c1ccccc1Cl. The molecule has 1 aliphatic rings. The van der Waals surface area contributed by atoms with Crippen LogP contribution in [0.15, 0.2) is 48.5 Å². The number of hydrogen-bond donors (Lipinski definition) is 0. The van der Waals surface area contributed by atoms with Crippen LogP contribution in [0.4, 0.5) is 0 Å². The summed E-state index contributed by atoms with van der Waals surface area (Å²) in [6.07, 6.45) is 0. The maximum Gasteiger partial charge on any atom is 0.230 e. The van der Waals surface area contributed by atoms with E-state index in [4.69, 9.17) is 27.9 Å². The van der Waals surface area contributed by atoms with Crippen LogP contribution < -0.4 is 0 Å². The second-order valence-electron chi connectivity index (χ2n) is 4.65. The van der Waals surface area contributed by atoms with Crippen LogP contribution in [0.25, 0.3) is 0 Å². The molecular formula is C16H8Cl2N2O. The number of nitrogens with zero attached hydrogens (tertiary/aromatic N) is 2. The first-order chi connectivity index (χ1) is 10.1. The van der Waals surface area contributed by atoms with Crippen molar-refractivity contribution in [3.8, 4) is 12.1 Å². The van der Waals surface area contributed by atoms with E-state index in [1.165, 1.54) is 0 Å². The average Bonchev–Trinajstić information content (AvgIpc) is 3.18. The molecule has 1 saturated heterocycles. The molecule has 3 rings (SSSR count). The Balaban J connectivity index is 2.22. The lowest BCUT2D eigenvalue weighted by Crippen LogP contribution is -2.20. The Kier molecular flexibility index (Phi) is 3.15. The first kappa shape index (κ1) is 13.9. The number of ether oxygens (including phenoxy) is 1. The summed E-state index contributed by atoms with van der Waals surface area (Å²) < 4.78 is 5.63. The molecule has 0 N–H and O–H groups in total. The van der Waals surface area contributed by atoms with E-state index in [2.05, 4.69) is 12.1 Å². The second kappa shape index (κ2) is 4.76. The van der Waals surface area contributed by atoms with Gasteiger partial charge < -0.3 is 4.74 Å². The van der Waals surface area contributed by atoms with Gasteiger partial charge in [0.1, 0.15) is 12.1 Å². The fourth-order valence-corrected chi connectivity index (χ4v) is 3.05. The number of rotatable bonds is 2. The van der Waals surface area contributed by atoms with Crippen molar-refractivity contribution in [3.05, 3.63) is 69.7 Å². The Morgan fingerprint density at radius 2 is 1.14 bits per heavy atom. The summed E-state index contributed by atoms with van der Waals surface area (Å²) >= 11 is 12.3. The van der Waals surface area contributed by atoms with Gasteiger partial charge in [-0.3, -0.25) is 0 Å². The third-order valence-corrected chi connectivity index (χ3v) is 4.24. The fourth-order valence-electron chi connectivity index (χ4n) is 2.51. The van der Waals surface area contributed by atoms with E-state index in [0.717, 1.165) is 0 Å². The Bertz CT molecular complexity index is 741. The maximum absolute atomic E-state index is 9.63. The summed E-state index contributed by atoms with van der Waals surface area (Å²) in [5.41, 5.74) is -1.94. The van der Waals surface area contributed by atoms with Gasteiger partial charge in [-0.2, -0.15) is 10.5 Å². The van der Waals surface area contributed by atoms with Crippen LogP contribution in [-0.2, 0) is 15.9 Å². The molecule has 1 aliphatic heterocycles. The normalized spacial score (nSPS) is 26.7. The number of nitriles is 2. The molecule has 2 aromatic carbocycles. The van der Waals surface area contributed by atoms with Gasteiger partial charge in [-0.1, -0.05) is 59.6 Å². The van der Waals surface area contributed by atoms with Gasteiger partial charge in [0.05, 0.1) is 0 Å². The molecule has 2 aromatic rings. The molecule has 2 atom stereocenters. The van der Waals surface area contributed by atoms with E-state index < -0.39 is 11.2 Å². The summed E-state index contributed by atoms with van der Waals surface area (Å²) in [5, 5.41) is 20.0. The number of hydrogen-bond acceptors (Lipinski definition) is 3. The van der Waals surface area contributed by atoms with Gasteiger partial charge in [0.25, 0.3) is 0 Å². The van der Waals surface area contributed by atoms with E-state index in [9.17, 15) is 10.5 Å². The van der Waals surface area contributed by atoms with Crippen LogP contribution in [0, 0.1) is 22.7 Å². The Hall–Kier alpha value is -2.04. The zero-order valence-corrected chi connectivity index (χ0v) is 12.2. The minimum absolute atomic E-state index is 0.378. The smallest absolute Gasteiger partial charge is 0.230 e. The molecule has 5 heteroatoms. The second-order valence-corrected chi connectivity index (χ2v) is 5.46. The van der Waals surface area contributed by atoms with E-state index >= 15 is 0 Å². The van der Waals surface area contributed by atoms with Crippen molar-refractivity contribution < 1.29 is 4.74 Å². The zero-order chi connectivity index (χ0) is 15.1. The van der Waals surface area contributed by atoms with Crippen LogP contribution in [-0.4, -0.2) is 0 Å². The molecule has 0 bridgehead atoms. The minimum atomic E-state index is -1.44. The lowest BCUT2D eigenvalue weighted by molar-refractivity contribution is 0.315. The maximum atomic E-state index is 9.63. The van der Waals surface area contributed by atoms with E-state index in [1.54, 1.807) is 48.5 Å². The molecule has 1 heterocycles. The van der Waals surface area contributed by atoms with Crippen molar-refractivity contribution in [2.45, 2.75) is 11.2 Å². The van der Waals surface area contributed by atoms with Gasteiger partial charge in [0, 0.05) is 21.2 Å². The van der Waals surface area contributed by atoms with Gasteiger partial charge in [0.15, 0.2) is 0 Å². The summed E-state index contributed by atoms with van der Waals surface area (Å²) in [7, 11) is 0. The number of benzene rings is 2. The summed E-state index contributed by atoms with van der Waals surface area (Å²) in [4.78, 5) is 0. The van der Waals surface area contributed by atoms with Crippen LogP contribution in [0.3, 0.4) is 0 Å².